The zero-order valence-electron chi connectivity index (χ0n) is 15.1. The highest BCUT2D eigenvalue weighted by Crippen LogP contribution is 2.30. The van der Waals surface area contributed by atoms with Crippen molar-refractivity contribution in [2.75, 3.05) is 16.8 Å². The highest BCUT2D eigenvalue weighted by Gasteiger charge is 2.29. The molecule has 1 N–H and O–H groups in total. The van der Waals surface area contributed by atoms with Crippen LogP contribution in [-0.2, 0) is 9.59 Å². The molecule has 2 aromatic carbocycles. The van der Waals surface area contributed by atoms with Crippen LogP contribution in [0.5, 0.6) is 5.75 Å². The molecule has 0 bridgehead atoms. The number of para-hydroxylation sites is 1. The highest BCUT2D eigenvalue weighted by atomic mass is 16.5. The summed E-state index contributed by atoms with van der Waals surface area (Å²) in [6.45, 7) is 3.88. The molecule has 5 nitrogen and oxygen atoms in total. The first-order valence-electron chi connectivity index (χ1n) is 8.95. The molecule has 136 valence electrons. The molecule has 1 aliphatic carbocycles. The van der Waals surface area contributed by atoms with Crippen molar-refractivity contribution in [2.45, 2.75) is 32.7 Å². The molecule has 2 amide bonds. The lowest BCUT2D eigenvalue weighted by molar-refractivity contribution is -0.121. The molecule has 1 fully saturated rings. The van der Waals surface area contributed by atoms with Crippen molar-refractivity contribution in [3.63, 3.8) is 0 Å². The zero-order valence-corrected chi connectivity index (χ0v) is 15.1. The van der Waals surface area contributed by atoms with E-state index in [9.17, 15) is 9.59 Å². The van der Waals surface area contributed by atoms with Crippen LogP contribution in [0.25, 0.3) is 0 Å². The molecule has 0 spiro atoms. The van der Waals surface area contributed by atoms with E-state index >= 15 is 0 Å². The van der Waals surface area contributed by atoms with E-state index < -0.39 is 0 Å². The van der Waals surface area contributed by atoms with Crippen molar-refractivity contribution in [3.05, 3.63) is 54.6 Å². The number of anilines is 2. The quantitative estimate of drug-likeness (QED) is 0.823. The monoisotopic (exact) mass is 352 g/mol. The number of amides is 2. The normalized spacial score (nSPS) is 13.3. The van der Waals surface area contributed by atoms with Gasteiger partial charge in [0.15, 0.2) is 6.61 Å². The molecule has 3 rings (SSSR count). The van der Waals surface area contributed by atoms with Gasteiger partial charge >= 0.3 is 0 Å². The van der Waals surface area contributed by atoms with Crippen LogP contribution in [0.2, 0.25) is 0 Å². The van der Waals surface area contributed by atoms with E-state index in [1.807, 2.05) is 50.2 Å². The SMILES string of the molecule is CC(C)N(C(=O)COc1cccc(NC(=O)C2CC2)c1)c1ccccc1. The smallest absolute Gasteiger partial charge is 0.265 e. The molecule has 0 saturated heterocycles. The number of nitrogens with zero attached hydrogens (tertiary/aromatic N) is 1. The lowest BCUT2D eigenvalue weighted by Crippen LogP contribution is -2.40. The Morgan fingerprint density at radius 2 is 1.85 bits per heavy atom. The summed E-state index contributed by atoms with van der Waals surface area (Å²) in [5, 5.41) is 2.88. The summed E-state index contributed by atoms with van der Waals surface area (Å²) in [6, 6.07) is 16.7. The average Bonchev–Trinajstić information content (AvgIpc) is 3.46. The molecule has 26 heavy (non-hydrogen) atoms. The number of carbonyl (C=O) groups is 2. The first kappa shape index (κ1) is 18.0. The Hall–Kier alpha value is -2.82. The average molecular weight is 352 g/mol. The molecule has 0 atom stereocenters. The lowest BCUT2D eigenvalue weighted by Gasteiger charge is -2.26. The summed E-state index contributed by atoms with van der Waals surface area (Å²) in [4.78, 5) is 26.2. The Labute approximate surface area is 154 Å². The van der Waals surface area contributed by atoms with Crippen LogP contribution < -0.4 is 15.0 Å². The number of hydrogen-bond donors (Lipinski definition) is 1. The van der Waals surface area contributed by atoms with Gasteiger partial charge in [0.25, 0.3) is 5.91 Å². The van der Waals surface area contributed by atoms with E-state index in [4.69, 9.17) is 4.74 Å². The van der Waals surface area contributed by atoms with Crippen LogP contribution >= 0.6 is 0 Å². The van der Waals surface area contributed by atoms with Crippen molar-refractivity contribution in [3.8, 4) is 5.75 Å². The number of rotatable bonds is 7. The third kappa shape index (κ3) is 4.63. The molecular weight excluding hydrogens is 328 g/mol. The molecule has 2 aromatic rings. The predicted molar refractivity (Wildman–Crippen MR) is 102 cm³/mol. The minimum Gasteiger partial charge on any atom is -0.484 e. The van der Waals surface area contributed by atoms with Crippen LogP contribution in [0.1, 0.15) is 26.7 Å². The van der Waals surface area contributed by atoms with Crippen LogP contribution in [-0.4, -0.2) is 24.5 Å². The maximum absolute atomic E-state index is 12.6. The summed E-state index contributed by atoms with van der Waals surface area (Å²) in [6.07, 6.45) is 1.92. The Morgan fingerprint density at radius 3 is 2.50 bits per heavy atom. The van der Waals surface area contributed by atoms with E-state index in [0.29, 0.717) is 11.4 Å². The molecule has 0 heterocycles. The maximum Gasteiger partial charge on any atom is 0.265 e. The van der Waals surface area contributed by atoms with Gasteiger partial charge in [-0.2, -0.15) is 0 Å². The fraction of sp³-hybridized carbons (Fsp3) is 0.333. The molecule has 5 heteroatoms. The van der Waals surface area contributed by atoms with Crippen molar-refractivity contribution < 1.29 is 14.3 Å². The van der Waals surface area contributed by atoms with E-state index in [0.717, 1.165) is 18.5 Å². The van der Waals surface area contributed by atoms with Crippen LogP contribution in [0.3, 0.4) is 0 Å². The second kappa shape index (κ2) is 8.04. The van der Waals surface area contributed by atoms with Gasteiger partial charge in [0.05, 0.1) is 0 Å². The largest absolute Gasteiger partial charge is 0.484 e. The van der Waals surface area contributed by atoms with Gasteiger partial charge in [0, 0.05) is 29.4 Å². The number of ether oxygens (including phenoxy) is 1. The summed E-state index contributed by atoms with van der Waals surface area (Å²) in [5.74, 6) is 0.641. The van der Waals surface area contributed by atoms with Gasteiger partial charge in [0.1, 0.15) is 5.75 Å². The van der Waals surface area contributed by atoms with Crippen LogP contribution in [0.15, 0.2) is 54.6 Å². The van der Waals surface area contributed by atoms with Gasteiger partial charge in [-0.05, 0) is 51.0 Å². The molecule has 1 aliphatic rings. The van der Waals surface area contributed by atoms with Gasteiger partial charge in [-0.1, -0.05) is 24.3 Å². The van der Waals surface area contributed by atoms with Crippen molar-refractivity contribution in [1.29, 1.82) is 0 Å². The van der Waals surface area contributed by atoms with E-state index in [1.165, 1.54) is 0 Å². The number of benzene rings is 2. The van der Waals surface area contributed by atoms with E-state index in [1.54, 1.807) is 23.1 Å². The molecular formula is C21H24N2O3. The topological polar surface area (TPSA) is 58.6 Å². The van der Waals surface area contributed by atoms with Gasteiger partial charge in [-0.25, -0.2) is 0 Å². The molecule has 0 aromatic heterocycles. The first-order valence-corrected chi connectivity index (χ1v) is 8.95. The molecule has 1 saturated carbocycles. The van der Waals surface area contributed by atoms with E-state index in [2.05, 4.69) is 5.32 Å². The van der Waals surface area contributed by atoms with Crippen LogP contribution in [0.4, 0.5) is 11.4 Å². The fourth-order valence-corrected chi connectivity index (χ4v) is 2.79. The molecule has 0 radical (unpaired) electrons. The summed E-state index contributed by atoms with van der Waals surface area (Å²) < 4.78 is 5.68. The van der Waals surface area contributed by atoms with Gasteiger partial charge < -0.3 is 15.0 Å². The zero-order chi connectivity index (χ0) is 18.5. The number of carbonyl (C=O) groups excluding carboxylic acids is 2. The van der Waals surface area contributed by atoms with Crippen molar-refractivity contribution in [2.24, 2.45) is 5.92 Å². The van der Waals surface area contributed by atoms with E-state index in [-0.39, 0.29) is 30.4 Å². The van der Waals surface area contributed by atoms with Crippen molar-refractivity contribution >= 4 is 23.2 Å². The maximum atomic E-state index is 12.6. The number of hydrogen-bond acceptors (Lipinski definition) is 3. The fourth-order valence-electron chi connectivity index (χ4n) is 2.79. The van der Waals surface area contributed by atoms with Gasteiger partial charge in [-0.15, -0.1) is 0 Å². The van der Waals surface area contributed by atoms with Crippen LogP contribution in [0, 0.1) is 5.92 Å². The third-order valence-electron chi connectivity index (χ3n) is 4.23. The minimum atomic E-state index is -0.112. The second-order valence-electron chi connectivity index (χ2n) is 6.77. The number of nitrogens with one attached hydrogen (secondary N) is 1. The van der Waals surface area contributed by atoms with Crippen molar-refractivity contribution in [1.82, 2.24) is 0 Å². The minimum absolute atomic E-state index is 0.0256. The summed E-state index contributed by atoms with van der Waals surface area (Å²) in [5.41, 5.74) is 1.54. The molecule has 0 unspecified atom stereocenters. The van der Waals surface area contributed by atoms with Gasteiger partial charge in [0.2, 0.25) is 5.91 Å². The summed E-state index contributed by atoms with van der Waals surface area (Å²) >= 11 is 0. The Morgan fingerprint density at radius 1 is 1.12 bits per heavy atom. The highest BCUT2D eigenvalue weighted by molar-refractivity contribution is 5.95. The second-order valence-corrected chi connectivity index (χ2v) is 6.77. The molecule has 0 aliphatic heterocycles. The summed E-state index contributed by atoms with van der Waals surface area (Å²) in [7, 11) is 0. The standard InChI is InChI=1S/C21H24N2O3/c1-15(2)23(18-8-4-3-5-9-18)20(24)14-26-19-10-6-7-17(13-19)22-21(25)16-11-12-16/h3-10,13,15-16H,11-12,14H2,1-2H3,(H,22,25). The first-order chi connectivity index (χ1) is 12.5. The predicted octanol–water partition coefficient (Wildman–Crippen LogP) is 3.86. The van der Waals surface area contributed by atoms with Gasteiger partial charge in [-0.3, -0.25) is 9.59 Å². The Kier molecular flexibility index (Phi) is 5.56. The Balaban J connectivity index is 1.62. The lowest BCUT2D eigenvalue weighted by atomic mass is 10.2. The Bertz CT molecular complexity index is 770. The third-order valence-corrected chi connectivity index (χ3v) is 4.23.